The molecule has 1 N–H and O–H groups in total. The number of halogens is 3. The lowest BCUT2D eigenvalue weighted by Crippen LogP contribution is -2.23. The van der Waals surface area contributed by atoms with Crippen LogP contribution in [0.1, 0.15) is 20.8 Å². The standard InChI is InChI=1S/C21H21Cl2FN4OS/c1-12(2)11-28-19(14-7-4-5-10-17(14)24)26-27-21(28)30-13(3)20(29)25-18-15(22)8-6-9-16(18)23/h4-10,12-13H,11H2,1-3H3,(H,25,29). The lowest BCUT2D eigenvalue weighted by molar-refractivity contribution is -0.115. The highest BCUT2D eigenvalue weighted by atomic mass is 35.5. The van der Waals surface area contributed by atoms with Crippen LogP contribution in [0.4, 0.5) is 10.1 Å². The SMILES string of the molecule is CC(C)Cn1c(SC(C)C(=O)Nc2c(Cl)cccc2Cl)nnc1-c1ccccc1F. The summed E-state index contributed by atoms with van der Waals surface area (Å²) in [5, 5.41) is 11.9. The minimum Gasteiger partial charge on any atom is -0.323 e. The number of carbonyl (C=O) groups is 1. The topological polar surface area (TPSA) is 59.8 Å². The van der Waals surface area contributed by atoms with Crippen LogP contribution in [0.25, 0.3) is 11.4 Å². The van der Waals surface area contributed by atoms with Crippen molar-refractivity contribution in [3.8, 4) is 11.4 Å². The molecule has 0 fully saturated rings. The molecule has 0 aliphatic rings. The van der Waals surface area contributed by atoms with Gasteiger partial charge in [-0.15, -0.1) is 10.2 Å². The number of amides is 1. The van der Waals surface area contributed by atoms with E-state index in [1.165, 1.54) is 17.8 Å². The van der Waals surface area contributed by atoms with Crippen LogP contribution in [0.2, 0.25) is 10.0 Å². The smallest absolute Gasteiger partial charge is 0.237 e. The normalized spacial score (nSPS) is 12.2. The Labute approximate surface area is 189 Å². The quantitative estimate of drug-likeness (QED) is 0.423. The van der Waals surface area contributed by atoms with Gasteiger partial charge in [-0.2, -0.15) is 0 Å². The largest absolute Gasteiger partial charge is 0.323 e. The maximum Gasteiger partial charge on any atom is 0.237 e. The van der Waals surface area contributed by atoms with E-state index in [1.807, 2.05) is 4.57 Å². The highest BCUT2D eigenvalue weighted by Crippen LogP contribution is 2.32. The molecular weight excluding hydrogens is 446 g/mol. The fourth-order valence-corrected chi connectivity index (χ4v) is 4.15. The highest BCUT2D eigenvalue weighted by molar-refractivity contribution is 8.00. The number of hydrogen-bond donors (Lipinski definition) is 1. The van der Waals surface area contributed by atoms with Crippen LogP contribution in [0.5, 0.6) is 0 Å². The summed E-state index contributed by atoms with van der Waals surface area (Å²) in [4.78, 5) is 12.7. The summed E-state index contributed by atoms with van der Waals surface area (Å²) in [5.74, 6) is 0.0649. The van der Waals surface area contributed by atoms with Gasteiger partial charge in [0.2, 0.25) is 5.91 Å². The number of nitrogens with zero attached hydrogens (tertiary/aromatic N) is 3. The van der Waals surface area contributed by atoms with Gasteiger partial charge in [-0.05, 0) is 37.1 Å². The van der Waals surface area contributed by atoms with Crippen molar-refractivity contribution in [3.63, 3.8) is 0 Å². The molecule has 0 bridgehead atoms. The first-order chi connectivity index (χ1) is 14.3. The van der Waals surface area contributed by atoms with E-state index >= 15 is 0 Å². The minimum absolute atomic E-state index is 0.275. The Morgan fingerprint density at radius 1 is 1.10 bits per heavy atom. The summed E-state index contributed by atoms with van der Waals surface area (Å²) in [6.45, 7) is 6.44. The van der Waals surface area contributed by atoms with Gasteiger partial charge < -0.3 is 9.88 Å². The van der Waals surface area contributed by atoms with Crippen LogP contribution in [-0.4, -0.2) is 25.9 Å². The first kappa shape index (κ1) is 22.6. The molecule has 1 atom stereocenters. The van der Waals surface area contributed by atoms with Gasteiger partial charge in [0, 0.05) is 6.54 Å². The zero-order valence-corrected chi connectivity index (χ0v) is 19.0. The van der Waals surface area contributed by atoms with Crippen LogP contribution >= 0.6 is 35.0 Å². The summed E-state index contributed by atoms with van der Waals surface area (Å²) in [6.07, 6.45) is 0. The number of para-hydroxylation sites is 1. The molecule has 0 aliphatic carbocycles. The molecule has 0 saturated carbocycles. The molecule has 1 unspecified atom stereocenters. The third-order valence-corrected chi connectivity index (χ3v) is 5.95. The van der Waals surface area contributed by atoms with Crippen molar-refractivity contribution in [2.24, 2.45) is 5.92 Å². The molecule has 0 saturated heterocycles. The number of anilines is 1. The average Bonchev–Trinajstić information content (AvgIpc) is 3.06. The van der Waals surface area contributed by atoms with Gasteiger partial charge in [0.05, 0.1) is 26.5 Å². The van der Waals surface area contributed by atoms with Crippen LogP contribution < -0.4 is 5.32 Å². The number of aromatic nitrogens is 3. The molecular formula is C21H21Cl2FN4OS. The molecule has 1 amide bonds. The van der Waals surface area contributed by atoms with Crippen molar-refractivity contribution in [2.75, 3.05) is 5.32 Å². The summed E-state index contributed by atoms with van der Waals surface area (Å²) in [5.41, 5.74) is 0.742. The van der Waals surface area contributed by atoms with Crippen LogP contribution in [0.15, 0.2) is 47.6 Å². The first-order valence-corrected chi connectivity index (χ1v) is 11.0. The van der Waals surface area contributed by atoms with E-state index in [1.54, 1.807) is 43.3 Å². The van der Waals surface area contributed by atoms with Gasteiger partial charge in [0.1, 0.15) is 5.82 Å². The number of nitrogens with one attached hydrogen (secondary N) is 1. The monoisotopic (exact) mass is 466 g/mol. The second-order valence-corrected chi connectivity index (χ2v) is 9.26. The van der Waals surface area contributed by atoms with E-state index < -0.39 is 5.25 Å². The minimum atomic E-state index is -0.513. The summed E-state index contributed by atoms with van der Waals surface area (Å²) in [6, 6.07) is 11.5. The van der Waals surface area contributed by atoms with Crippen molar-refractivity contribution >= 4 is 46.6 Å². The number of benzene rings is 2. The van der Waals surface area contributed by atoms with Crippen LogP contribution in [0, 0.1) is 11.7 Å². The zero-order chi connectivity index (χ0) is 21.8. The number of rotatable bonds is 7. The Morgan fingerprint density at radius 3 is 2.40 bits per heavy atom. The maximum atomic E-state index is 14.3. The van der Waals surface area contributed by atoms with Crippen molar-refractivity contribution < 1.29 is 9.18 Å². The molecule has 30 heavy (non-hydrogen) atoms. The fourth-order valence-electron chi connectivity index (χ4n) is 2.80. The first-order valence-electron chi connectivity index (χ1n) is 9.37. The van der Waals surface area contributed by atoms with Gasteiger partial charge in [-0.3, -0.25) is 4.79 Å². The molecule has 3 rings (SSSR count). The predicted octanol–water partition coefficient (Wildman–Crippen LogP) is 6.17. The summed E-state index contributed by atoms with van der Waals surface area (Å²) in [7, 11) is 0. The molecule has 158 valence electrons. The Balaban J connectivity index is 1.85. The second-order valence-electron chi connectivity index (χ2n) is 7.14. The Bertz CT molecular complexity index is 1040. The molecule has 0 radical (unpaired) electrons. The molecule has 1 heterocycles. The lowest BCUT2D eigenvalue weighted by atomic mass is 10.2. The number of thioether (sulfide) groups is 1. The highest BCUT2D eigenvalue weighted by Gasteiger charge is 2.23. The van der Waals surface area contributed by atoms with Crippen molar-refractivity contribution in [3.05, 3.63) is 58.3 Å². The molecule has 9 heteroatoms. The number of hydrogen-bond acceptors (Lipinski definition) is 4. The molecule has 2 aromatic carbocycles. The average molecular weight is 467 g/mol. The van der Waals surface area contributed by atoms with E-state index in [0.717, 1.165) is 0 Å². The Kier molecular flexibility index (Phi) is 7.39. The van der Waals surface area contributed by atoms with E-state index in [-0.39, 0.29) is 17.6 Å². The number of carbonyl (C=O) groups excluding carboxylic acids is 1. The zero-order valence-electron chi connectivity index (χ0n) is 16.7. The van der Waals surface area contributed by atoms with E-state index in [4.69, 9.17) is 23.2 Å². The lowest BCUT2D eigenvalue weighted by Gasteiger charge is -2.16. The maximum absolute atomic E-state index is 14.3. The Hall–Kier alpha value is -2.09. The molecule has 5 nitrogen and oxygen atoms in total. The van der Waals surface area contributed by atoms with Crippen molar-refractivity contribution in [2.45, 2.75) is 37.7 Å². The van der Waals surface area contributed by atoms with E-state index in [2.05, 4.69) is 29.4 Å². The van der Waals surface area contributed by atoms with Gasteiger partial charge in [0.15, 0.2) is 11.0 Å². The van der Waals surface area contributed by atoms with Gasteiger partial charge in [0.25, 0.3) is 0 Å². The third kappa shape index (κ3) is 5.14. The van der Waals surface area contributed by atoms with Crippen molar-refractivity contribution in [1.82, 2.24) is 14.8 Å². The molecule has 1 aromatic heterocycles. The van der Waals surface area contributed by atoms with Gasteiger partial charge in [-0.25, -0.2) is 4.39 Å². The molecule has 0 aliphatic heterocycles. The van der Waals surface area contributed by atoms with Crippen LogP contribution in [0.3, 0.4) is 0 Å². The summed E-state index contributed by atoms with van der Waals surface area (Å²) < 4.78 is 16.2. The Morgan fingerprint density at radius 2 is 1.77 bits per heavy atom. The van der Waals surface area contributed by atoms with E-state index in [9.17, 15) is 9.18 Å². The second kappa shape index (κ2) is 9.81. The predicted molar refractivity (Wildman–Crippen MR) is 121 cm³/mol. The summed E-state index contributed by atoms with van der Waals surface area (Å²) >= 11 is 13.5. The van der Waals surface area contributed by atoms with Crippen LogP contribution in [-0.2, 0) is 11.3 Å². The fraction of sp³-hybridized carbons (Fsp3) is 0.286. The van der Waals surface area contributed by atoms with Crippen molar-refractivity contribution in [1.29, 1.82) is 0 Å². The molecule has 0 spiro atoms. The van der Waals surface area contributed by atoms with Gasteiger partial charge >= 0.3 is 0 Å². The third-order valence-electron chi connectivity index (χ3n) is 4.24. The van der Waals surface area contributed by atoms with Gasteiger partial charge in [-0.1, -0.05) is 67.0 Å². The van der Waals surface area contributed by atoms with E-state index in [0.29, 0.717) is 38.8 Å². The molecule has 3 aromatic rings.